The van der Waals surface area contributed by atoms with Crippen LogP contribution in [0.3, 0.4) is 0 Å². The van der Waals surface area contributed by atoms with Crippen LogP contribution in [0, 0.1) is 12.8 Å². The van der Waals surface area contributed by atoms with Gasteiger partial charge in [0, 0.05) is 32.1 Å². The van der Waals surface area contributed by atoms with Crippen molar-refractivity contribution >= 4 is 11.3 Å². The number of aliphatic hydroxyl groups is 1. The van der Waals surface area contributed by atoms with Crippen molar-refractivity contribution in [3.63, 3.8) is 0 Å². The summed E-state index contributed by atoms with van der Waals surface area (Å²) in [6, 6.07) is 2.06. The number of hydrogen-bond donors (Lipinski definition) is 1. The van der Waals surface area contributed by atoms with Gasteiger partial charge in [0.05, 0.1) is 5.69 Å². The predicted molar refractivity (Wildman–Crippen MR) is 69.7 cm³/mol. The molecule has 1 N–H and O–H groups in total. The molecule has 5 nitrogen and oxygen atoms in total. The van der Waals surface area contributed by atoms with E-state index in [-0.39, 0.29) is 6.61 Å². The number of nitrogens with zero attached hydrogens (tertiary/aromatic N) is 4. The largest absolute Gasteiger partial charge is 0.396 e. The van der Waals surface area contributed by atoms with Crippen LogP contribution in [-0.4, -0.2) is 39.4 Å². The summed E-state index contributed by atoms with van der Waals surface area (Å²) in [5, 5.41) is 13.7. The Morgan fingerprint density at radius 3 is 3.22 bits per heavy atom. The fourth-order valence-electron chi connectivity index (χ4n) is 2.68. The van der Waals surface area contributed by atoms with Crippen LogP contribution in [0.4, 0.5) is 5.82 Å². The van der Waals surface area contributed by atoms with E-state index < -0.39 is 0 Å². The minimum absolute atomic E-state index is 0.262. The van der Waals surface area contributed by atoms with Crippen LogP contribution >= 0.6 is 0 Å². The minimum Gasteiger partial charge on any atom is -0.396 e. The van der Waals surface area contributed by atoms with Gasteiger partial charge in [-0.2, -0.15) is 5.10 Å². The van der Waals surface area contributed by atoms with E-state index >= 15 is 0 Å². The van der Waals surface area contributed by atoms with Crippen molar-refractivity contribution in [2.75, 3.05) is 24.6 Å². The zero-order valence-electron chi connectivity index (χ0n) is 10.6. The first-order chi connectivity index (χ1) is 8.78. The van der Waals surface area contributed by atoms with Crippen LogP contribution < -0.4 is 4.90 Å². The van der Waals surface area contributed by atoms with Gasteiger partial charge in [0.1, 0.15) is 5.52 Å². The molecule has 1 atom stereocenters. The smallest absolute Gasteiger partial charge is 0.154 e. The zero-order valence-corrected chi connectivity index (χ0v) is 10.6. The topological polar surface area (TPSA) is 53.7 Å². The molecule has 1 aliphatic heterocycles. The number of aromatic nitrogens is 3. The molecule has 0 spiro atoms. The summed E-state index contributed by atoms with van der Waals surface area (Å²) in [5.74, 6) is 1.35. The lowest BCUT2D eigenvalue weighted by molar-refractivity contribution is 0.208. The standard InChI is InChI=1S/C13H18N4O/c1-10-7-12-13(14-4-6-17(12)15-10)16-5-2-3-11(8-16)9-18/h4,6-7,11,18H,2-3,5,8-9H2,1H3. The van der Waals surface area contributed by atoms with Crippen LogP contribution in [0.15, 0.2) is 18.5 Å². The molecular formula is C13H18N4O. The summed E-state index contributed by atoms with van der Waals surface area (Å²) in [4.78, 5) is 6.76. The number of aliphatic hydroxyl groups excluding tert-OH is 1. The average molecular weight is 246 g/mol. The molecule has 5 heteroatoms. The van der Waals surface area contributed by atoms with Gasteiger partial charge in [-0.3, -0.25) is 0 Å². The van der Waals surface area contributed by atoms with Crippen molar-refractivity contribution < 1.29 is 5.11 Å². The van der Waals surface area contributed by atoms with Gasteiger partial charge in [-0.25, -0.2) is 9.50 Å². The Bertz CT molecular complexity index is 551. The average Bonchev–Trinajstić information content (AvgIpc) is 2.78. The number of piperidine rings is 1. The van der Waals surface area contributed by atoms with Crippen LogP contribution in [0.2, 0.25) is 0 Å². The molecule has 96 valence electrons. The second-order valence-electron chi connectivity index (χ2n) is 5.00. The van der Waals surface area contributed by atoms with Crippen molar-refractivity contribution in [2.24, 2.45) is 5.92 Å². The third-order valence-corrected chi connectivity index (χ3v) is 3.57. The van der Waals surface area contributed by atoms with Gasteiger partial charge >= 0.3 is 0 Å². The number of aryl methyl sites for hydroxylation is 1. The highest BCUT2D eigenvalue weighted by Gasteiger charge is 2.22. The molecular weight excluding hydrogens is 228 g/mol. The highest BCUT2D eigenvalue weighted by molar-refractivity contribution is 5.69. The van der Waals surface area contributed by atoms with E-state index in [1.165, 1.54) is 0 Å². The Hall–Kier alpha value is -1.62. The maximum Gasteiger partial charge on any atom is 0.154 e. The van der Waals surface area contributed by atoms with Crippen molar-refractivity contribution in [2.45, 2.75) is 19.8 Å². The van der Waals surface area contributed by atoms with E-state index in [4.69, 9.17) is 0 Å². The zero-order chi connectivity index (χ0) is 12.5. The van der Waals surface area contributed by atoms with Crippen LogP contribution in [-0.2, 0) is 0 Å². The quantitative estimate of drug-likeness (QED) is 0.866. The van der Waals surface area contributed by atoms with Crippen molar-refractivity contribution in [3.05, 3.63) is 24.2 Å². The van der Waals surface area contributed by atoms with Crippen molar-refractivity contribution in [3.8, 4) is 0 Å². The highest BCUT2D eigenvalue weighted by atomic mass is 16.3. The summed E-state index contributed by atoms with van der Waals surface area (Å²) < 4.78 is 1.88. The summed E-state index contributed by atoms with van der Waals surface area (Å²) in [5.41, 5.74) is 2.05. The van der Waals surface area contributed by atoms with Gasteiger partial charge in [-0.1, -0.05) is 0 Å². The molecule has 18 heavy (non-hydrogen) atoms. The first-order valence-electron chi connectivity index (χ1n) is 6.44. The molecule has 1 unspecified atom stereocenters. The fraction of sp³-hybridized carbons (Fsp3) is 0.538. The van der Waals surface area contributed by atoms with Gasteiger partial charge in [-0.05, 0) is 31.7 Å². The number of anilines is 1. The van der Waals surface area contributed by atoms with Crippen LogP contribution in [0.1, 0.15) is 18.5 Å². The molecule has 0 saturated carbocycles. The molecule has 0 aromatic carbocycles. The maximum atomic E-state index is 9.31. The molecule has 1 saturated heterocycles. The molecule has 0 bridgehead atoms. The number of hydrogen-bond acceptors (Lipinski definition) is 4. The Labute approximate surface area is 106 Å². The lowest BCUT2D eigenvalue weighted by atomic mass is 9.99. The molecule has 1 fully saturated rings. The Morgan fingerprint density at radius 2 is 2.39 bits per heavy atom. The maximum absolute atomic E-state index is 9.31. The van der Waals surface area contributed by atoms with E-state index in [9.17, 15) is 5.11 Å². The predicted octanol–water partition coefficient (Wildman–Crippen LogP) is 1.25. The lowest BCUT2D eigenvalue weighted by Gasteiger charge is -2.32. The van der Waals surface area contributed by atoms with Gasteiger partial charge in [0.25, 0.3) is 0 Å². The monoisotopic (exact) mass is 246 g/mol. The number of fused-ring (bicyclic) bond motifs is 1. The van der Waals surface area contributed by atoms with E-state index in [2.05, 4.69) is 21.0 Å². The Morgan fingerprint density at radius 1 is 1.50 bits per heavy atom. The number of rotatable bonds is 2. The molecule has 2 aromatic heterocycles. The normalized spacial score (nSPS) is 20.6. The first-order valence-corrected chi connectivity index (χ1v) is 6.44. The highest BCUT2D eigenvalue weighted by Crippen LogP contribution is 2.25. The lowest BCUT2D eigenvalue weighted by Crippen LogP contribution is -2.37. The second-order valence-corrected chi connectivity index (χ2v) is 5.00. The molecule has 2 aromatic rings. The molecule has 0 radical (unpaired) electrons. The molecule has 1 aliphatic rings. The summed E-state index contributed by atoms with van der Waals surface area (Å²) in [6.45, 7) is 4.14. The van der Waals surface area contributed by atoms with E-state index in [1.807, 2.05) is 17.6 Å². The van der Waals surface area contributed by atoms with Gasteiger partial charge < -0.3 is 10.0 Å². The van der Waals surface area contributed by atoms with Gasteiger partial charge in [0.15, 0.2) is 5.82 Å². The first kappa shape index (κ1) is 11.5. The Balaban J connectivity index is 1.98. The Kier molecular flexibility index (Phi) is 2.91. The van der Waals surface area contributed by atoms with E-state index in [0.29, 0.717) is 5.92 Å². The fourth-order valence-corrected chi connectivity index (χ4v) is 2.68. The van der Waals surface area contributed by atoms with Gasteiger partial charge in [-0.15, -0.1) is 0 Å². The summed E-state index contributed by atoms with van der Waals surface area (Å²) in [7, 11) is 0. The van der Waals surface area contributed by atoms with Crippen molar-refractivity contribution in [1.82, 2.24) is 14.6 Å². The SMILES string of the molecule is Cc1cc2c(N3CCCC(CO)C3)nccn2n1. The van der Waals surface area contributed by atoms with Gasteiger partial charge in [0.2, 0.25) is 0 Å². The third kappa shape index (κ3) is 1.95. The van der Waals surface area contributed by atoms with Crippen LogP contribution in [0.5, 0.6) is 0 Å². The minimum atomic E-state index is 0.262. The van der Waals surface area contributed by atoms with E-state index in [1.54, 1.807) is 6.20 Å². The summed E-state index contributed by atoms with van der Waals surface area (Å²) >= 11 is 0. The van der Waals surface area contributed by atoms with Crippen molar-refractivity contribution in [1.29, 1.82) is 0 Å². The molecule has 0 aliphatic carbocycles. The van der Waals surface area contributed by atoms with E-state index in [0.717, 1.165) is 43.0 Å². The summed E-state index contributed by atoms with van der Waals surface area (Å²) in [6.07, 6.45) is 5.88. The second kappa shape index (κ2) is 4.57. The molecule has 3 heterocycles. The molecule has 0 amide bonds. The molecule has 3 rings (SSSR count). The third-order valence-electron chi connectivity index (χ3n) is 3.57. The van der Waals surface area contributed by atoms with Crippen LogP contribution in [0.25, 0.3) is 5.52 Å².